The average Bonchev–Trinajstić information content (AvgIpc) is 2.81. The number of nitrogens with two attached hydrogens (primary N) is 2. The molecule has 0 fully saturated rings. The molecular weight excluding hydrogens is 416 g/mol. The molecule has 8 heteroatoms. The molecule has 0 saturated heterocycles. The van der Waals surface area contributed by atoms with Gasteiger partial charge in [-0.05, 0) is 49.4 Å². The summed E-state index contributed by atoms with van der Waals surface area (Å²) in [4.78, 5) is 9.61. The number of thioether (sulfide) groups is 1. The molecule has 5 nitrogen and oxygen atoms in total. The zero-order valence-electron chi connectivity index (χ0n) is 18.6. The number of anilines is 1. The Bertz CT molecular complexity index is 924. The van der Waals surface area contributed by atoms with E-state index in [2.05, 4.69) is 15.4 Å². The number of rotatable bonds is 7. The van der Waals surface area contributed by atoms with E-state index in [-0.39, 0.29) is 18.1 Å². The number of aromatic nitrogens is 1. The molecule has 0 amide bonds. The van der Waals surface area contributed by atoms with Crippen LogP contribution in [0.5, 0.6) is 0 Å². The van der Waals surface area contributed by atoms with E-state index in [0.29, 0.717) is 5.56 Å². The first-order valence-electron chi connectivity index (χ1n) is 10.1. The lowest BCUT2D eigenvalue weighted by molar-refractivity contribution is 0.483. The molecule has 1 aromatic carbocycles. The molecule has 0 spiro atoms. The van der Waals surface area contributed by atoms with Crippen molar-refractivity contribution in [3.63, 3.8) is 0 Å². The molecule has 1 aromatic heterocycles. The van der Waals surface area contributed by atoms with Crippen LogP contribution < -0.4 is 17.0 Å². The Morgan fingerprint density at radius 1 is 1.23 bits per heavy atom. The Kier molecular flexibility index (Phi) is 11.5. The number of aliphatic imine (C=N–C) groups is 1. The number of hydrazine groups is 1. The van der Waals surface area contributed by atoms with Crippen molar-refractivity contribution in [1.29, 1.82) is 0 Å². The highest BCUT2D eigenvalue weighted by molar-refractivity contribution is 7.98. The van der Waals surface area contributed by atoms with Gasteiger partial charge in [-0.3, -0.25) is 4.99 Å². The summed E-state index contributed by atoms with van der Waals surface area (Å²) in [7, 11) is 0. The number of benzene rings is 1. The van der Waals surface area contributed by atoms with Gasteiger partial charge in [-0.25, -0.2) is 19.6 Å². The minimum absolute atomic E-state index is 0.132. The van der Waals surface area contributed by atoms with Gasteiger partial charge in [0.05, 0.1) is 5.56 Å². The van der Waals surface area contributed by atoms with E-state index >= 15 is 0 Å². The predicted octanol–water partition coefficient (Wildman–Crippen LogP) is 5.79. The molecule has 0 saturated carbocycles. The van der Waals surface area contributed by atoms with Crippen LogP contribution in [-0.4, -0.2) is 23.1 Å². The molecule has 1 heterocycles. The van der Waals surface area contributed by atoms with Crippen LogP contribution in [0, 0.1) is 0 Å². The fourth-order valence-electron chi connectivity index (χ4n) is 2.66. The normalized spacial score (nSPS) is 13.4. The van der Waals surface area contributed by atoms with Crippen LogP contribution in [0.1, 0.15) is 39.7 Å². The van der Waals surface area contributed by atoms with Gasteiger partial charge in [0, 0.05) is 16.7 Å². The summed E-state index contributed by atoms with van der Waals surface area (Å²) < 4.78 is 28.3. The fraction of sp³-hybridized carbons (Fsp3) is 0.304. The summed E-state index contributed by atoms with van der Waals surface area (Å²) in [6.07, 6.45) is 6.36. The lowest BCUT2D eigenvalue weighted by Gasteiger charge is -2.14. The monoisotopic (exact) mass is 447 g/mol. The maximum atomic E-state index is 14.4. The Morgan fingerprint density at radius 2 is 1.87 bits per heavy atom. The second-order valence-corrected chi connectivity index (χ2v) is 7.01. The van der Waals surface area contributed by atoms with Crippen molar-refractivity contribution in [2.45, 2.75) is 45.1 Å². The molecule has 31 heavy (non-hydrogen) atoms. The van der Waals surface area contributed by atoms with Crippen molar-refractivity contribution in [2.75, 3.05) is 12.0 Å². The standard InChI is InChI=1S/C21H25F2N5S.C2H6/c1-4-6-17(22)19(23)18(5-2)27-21(28-25)16-11-14(12-26-20(16)24)13-7-9-15(29-3)10-8-13;1-2/h4,6-12,18H,5,25H2,1-3H3,(H2,24,26)(H,27,28);1-2H3/b6-4-,19-17-;. The number of hydrogen-bond acceptors (Lipinski definition) is 5. The van der Waals surface area contributed by atoms with E-state index in [1.54, 1.807) is 37.9 Å². The van der Waals surface area contributed by atoms with Crippen LogP contribution in [0.25, 0.3) is 11.1 Å². The third-order valence-electron chi connectivity index (χ3n) is 4.24. The molecule has 2 aromatic rings. The number of allylic oxidation sites excluding steroid dienone is 3. The summed E-state index contributed by atoms with van der Waals surface area (Å²) in [5.74, 6) is 4.01. The quantitative estimate of drug-likeness (QED) is 0.125. The Hall–Kier alpha value is -2.71. The smallest absolute Gasteiger partial charge is 0.160 e. The molecule has 168 valence electrons. The molecule has 0 aliphatic rings. The lowest BCUT2D eigenvalue weighted by Crippen LogP contribution is -2.33. The van der Waals surface area contributed by atoms with E-state index in [1.807, 2.05) is 44.4 Å². The summed E-state index contributed by atoms with van der Waals surface area (Å²) in [5.41, 5.74) is 10.6. The lowest BCUT2D eigenvalue weighted by atomic mass is 10.0. The SMILES string of the molecule is C/C=C\C(F)=C(\F)C(CC)N=C(NN)c1cc(-c2ccc(SC)cc2)cnc1N.CC. The van der Waals surface area contributed by atoms with Crippen molar-refractivity contribution < 1.29 is 8.78 Å². The zero-order valence-corrected chi connectivity index (χ0v) is 19.4. The Morgan fingerprint density at radius 3 is 2.39 bits per heavy atom. The first kappa shape index (κ1) is 26.3. The van der Waals surface area contributed by atoms with E-state index in [4.69, 9.17) is 11.6 Å². The molecule has 0 bridgehead atoms. The molecule has 1 atom stereocenters. The number of hydrogen-bond donors (Lipinski definition) is 3. The maximum absolute atomic E-state index is 14.4. The highest BCUT2D eigenvalue weighted by Gasteiger charge is 2.18. The van der Waals surface area contributed by atoms with Crippen molar-refractivity contribution in [1.82, 2.24) is 10.4 Å². The number of nitrogens with one attached hydrogen (secondary N) is 1. The second-order valence-electron chi connectivity index (χ2n) is 6.13. The van der Waals surface area contributed by atoms with E-state index in [9.17, 15) is 8.78 Å². The summed E-state index contributed by atoms with van der Waals surface area (Å²) in [6, 6.07) is 8.68. The first-order chi connectivity index (χ1) is 14.9. The van der Waals surface area contributed by atoms with Gasteiger partial charge in [0.1, 0.15) is 17.7 Å². The van der Waals surface area contributed by atoms with Crippen molar-refractivity contribution in [2.24, 2.45) is 10.8 Å². The summed E-state index contributed by atoms with van der Waals surface area (Å²) in [6.45, 7) is 7.31. The van der Waals surface area contributed by atoms with Gasteiger partial charge in [-0.15, -0.1) is 11.8 Å². The van der Waals surface area contributed by atoms with E-state index in [0.717, 1.165) is 22.1 Å². The van der Waals surface area contributed by atoms with Crippen molar-refractivity contribution >= 4 is 23.4 Å². The van der Waals surface area contributed by atoms with Crippen LogP contribution in [0.2, 0.25) is 0 Å². The number of nitrogen functional groups attached to an aromatic ring is 1. The Balaban J connectivity index is 0.00000233. The van der Waals surface area contributed by atoms with Crippen LogP contribution in [0.3, 0.4) is 0 Å². The molecule has 5 N–H and O–H groups in total. The average molecular weight is 448 g/mol. The minimum Gasteiger partial charge on any atom is -0.383 e. The molecule has 0 aliphatic heterocycles. The van der Waals surface area contributed by atoms with Gasteiger partial charge in [-0.2, -0.15) is 0 Å². The second kappa shape index (κ2) is 13.6. The van der Waals surface area contributed by atoms with E-state index in [1.165, 1.54) is 6.08 Å². The largest absolute Gasteiger partial charge is 0.383 e. The van der Waals surface area contributed by atoms with Gasteiger partial charge in [-0.1, -0.05) is 39.0 Å². The summed E-state index contributed by atoms with van der Waals surface area (Å²) in [5, 5.41) is 0. The fourth-order valence-corrected chi connectivity index (χ4v) is 3.07. The topological polar surface area (TPSA) is 89.3 Å². The number of pyridine rings is 1. The van der Waals surface area contributed by atoms with Gasteiger partial charge < -0.3 is 11.2 Å². The minimum atomic E-state index is -1.04. The summed E-state index contributed by atoms with van der Waals surface area (Å²) >= 11 is 1.65. The van der Waals surface area contributed by atoms with Gasteiger partial charge in [0.25, 0.3) is 0 Å². The van der Waals surface area contributed by atoms with Gasteiger partial charge in [0.15, 0.2) is 11.7 Å². The highest BCUT2D eigenvalue weighted by atomic mass is 32.2. The molecule has 0 aliphatic carbocycles. The van der Waals surface area contributed by atoms with Crippen molar-refractivity contribution in [3.05, 3.63) is 65.9 Å². The van der Waals surface area contributed by atoms with E-state index < -0.39 is 17.7 Å². The van der Waals surface area contributed by atoms with Gasteiger partial charge >= 0.3 is 0 Å². The molecule has 0 radical (unpaired) electrons. The predicted molar refractivity (Wildman–Crippen MR) is 129 cm³/mol. The molecule has 2 rings (SSSR count). The molecular formula is C23H31F2N5S. The Labute approximate surface area is 187 Å². The zero-order chi connectivity index (χ0) is 23.4. The highest BCUT2D eigenvalue weighted by Crippen LogP contribution is 2.26. The maximum Gasteiger partial charge on any atom is 0.160 e. The van der Waals surface area contributed by atoms with Crippen LogP contribution in [0.15, 0.2) is 70.2 Å². The number of halogens is 2. The third-order valence-corrected chi connectivity index (χ3v) is 4.98. The third kappa shape index (κ3) is 7.18. The van der Waals surface area contributed by atoms with Gasteiger partial charge in [0.2, 0.25) is 0 Å². The number of nitrogens with zero attached hydrogens (tertiary/aromatic N) is 2. The molecule has 1 unspecified atom stereocenters. The van der Waals surface area contributed by atoms with Crippen molar-refractivity contribution in [3.8, 4) is 11.1 Å². The van der Waals surface area contributed by atoms with Crippen LogP contribution in [-0.2, 0) is 0 Å². The van der Waals surface area contributed by atoms with Crippen LogP contribution in [0.4, 0.5) is 14.6 Å². The number of amidine groups is 1. The van der Waals surface area contributed by atoms with Crippen LogP contribution >= 0.6 is 11.8 Å². The first-order valence-corrected chi connectivity index (χ1v) is 11.3.